The molecular formula is C61H82O12. The summed E-state index contributed by atoms with van der Waals surface area (Å²) in [4.78, 5) is 26.1. The van der Waals surface area contributed by atoms with Crippen molar-refractivity contribution >= 4 is 21.9 Å². The van der Waals surface area contributed by atoms with Gasteiger partial charge in [-0.2, -0.15) is 0 Å². The van der Waals surface area contributed by atoms with Gasteiger partial charge >= 0.3 is 0 Å². The van der Waals surface area contributed by atoms with E-state index in [0.29, 0.717) is 69.7 Å². The van der Waals surface area contributed by atoms with Crippen molar-refractivity contribution in [3.63, 3.8) is 0 Å². The molecule has 0 aliphatic carbocycles. The van der Waals surface area contributed by atoms with Gasteiger partial charge in [0.1, 0.15) is 68.0 Å². The van der Waals surface area contributed by atoms with E-state index >= 15 is 0 Å². The average Bonchev–Trinajstić information content (AvgIpc) is 3.41. The molecule has 12 heteroatoms. The second-order valence-electron chi connectivity index (χ2n) is 18.8. The Morgan fingerprint density at radius 2 is 0.671 bits per heavy atom. The van der Waals surface area contributed by atoms with Gasteiger partial charge in [-0.25, -0.2) is 0 Å². The molecule has 6 aromatic rings. The van der Waals surface area contributed by atoms with Crippen molar-refractivity contribution in [2.75, 3.05) is 55.9 Å². The van der Waals surface area contributed by atoms with E-state index in [-0.39, 0.29) is 10.9 Å². The van der Waals surface area contributed by atoms with Crippen LogP contribution in [0.5, 0.6) is 34.5 Å². The molecule has 73 heavy (non-hydrogen) atoms. The van der Waals surface area contributed by atoms with Crippen LogP contribution < -0.4 is 39.3 Å². The predicted molar refractivity (Wildman–Crippen MR) is 294 cm³/mol. The summed E-state index contributed by atoms with van der Waals surface area (Å²) in [5, 5.41) is 18.5. The number of fused-ring (bicyclic) bond motifs is 2. The molecular weight excluding hydrogens is 925 g/mol. The quantitative estimate of drug-likeness (QED) is 0.0377. The summed E-state index contributed by atoms with van der Waals surface area (Å²) in [6.07, 6.45) is 26.8. The maximum Gasteiger partial charge on any atom is 0.197 e. The lowest BCUT2D eigenvalue weighted by Crippen LogP contribution is -2.04. The Morgan fingerprint density at radius 1 is 0.356 bits per heavy atom. The molecule has 0 aliphatic heterocycles. The second-order valence-corrected chi connectivity index (χ2v) is 18.8. The molecule has 0 saturated carbocycles. The van der Waals surface area contributed by atoms with Gasteiger partial charge in [-0.05, 0) is 86.1 Å². The second kappa shape index (κ2) is 32.3. The fourth-order valence-corrected chi connectivity index (χ4v) is 9.43. The van der Waals surface area contributed by atoms with Crippen LogP contribution in [-0.2, 0) is 12.8 Å². The Hall–Kier alpha value is -5.98. The highest BCUT2D eigenvalue weighted by Gasteiger charge is 2.18. The fourth-order valence-electron chi connectivity index (χ4n) is 9.43. The topological polar surface area (TPSA) is 156 Å². The number of unbranched alkanes of at least 4 members (excludes halogenated alkanes) is 19. The van der Waals surface area contributed by atoms with Gasteiger partial charge < -0.3 is 47.5 Å². The van der Waals surface area contributed by atoms with Gasteiger partial charge in [0.25, 0.3) is 0 Å². The Balaban J connectivity index is 0.000000271. The minimum absolute atomic E-state index is 0.147. The standard InChI is InChI=1S/C31H42O6.C30H40O6/c1-34-24-16-17-26(23(19-24)15-13-11-9-7-5-4-6-8-10-12-14-18-32)28-22-27(33)31-29(36-3)20-25(35-2)21-30(31)37-28;1-33-23-15-16-25(22(18-23)14-12-10-8-6-4-5-7-9-11-13-17-31)27-21-26(32)30-28(35-3)19-24(34-2)20-29(30)36-27/h16-17,19-22,32H,4-15,18H2,1-3H3;15-16,18-21,31H,4-14,17H2,1-3H3. The minimum atomic E-state index is -0.149. The van der Waals surface area contributed by atoms with Crippen LogP contribution in [0.2, 0.25) is 0 Å². The van der Waals surface area contributed by atoms with Crippen molar-refractivity contribution in [2.24, 2.45) is 0 Å². The van der Waals surface area contributed by atoms with Gasteiger partial charge in [0.2, 0.25) is 0 Å². The lowest BCUT2D eigenvalue weighted by Gasteiger charge is -2.13. The number of aryl methyl sites for hydroxylation is 2. The molecule has 0 bridgehead atoms. The van der Waals surface area contributed by atoms with Crippen molar-refractivity contribution in [1.82, 2.24) is 0 Å². The third-order valence-electron chi connectivity index (χ3n) is 13.6. The molecule has 0 unspecified atom stereocenters. The van der Waals surface area contributed by atoms with E-state index in [1.165, 1.54) is 104 Å². The molecule has 0 fully saturated rings. The first-order valence-corrected chi connectivity index (χ1v) is 26.7. The maximum absolute atomic E-state index is 13.0. The Bertz CT molecular complexity index is 2680. The number of hydrogen-bond donors (Lipinski definition) is 2. The average molecular weight is 1010 g/mol. The first-order valence-electron chi connectivity index (χ1n) is 26.7. The first kappa shape index (κ1) is 57.9. The maximum atomic E-state index is 13.0. The van der Waals surface area contributed by atoms with Crippen LogP contribution in [0.3, 0.4) is 0 Å². The molecule has 0 aliphatic rings. The number of methoxy groups -OCH3 is 6. The van der Waals surface area contributed by atoms with Crippen LogP contribution in [0.15, 0.2) is 91.2 Å². The highest BCUT2D eigenvalue weighted by atomic mass is 16.5. The van der Waals surface area contributed by atoms with E-state index in [1.54, 1.807) is 64.8 Å². The first-order chi connectivity index (χ1) is 35.7. The van der Waals surface area contributed by atoms with Gasteiger partial charge in [0.15, 0.2) is 10.9 Å². The van der Waals surface area contributed by atoms with Gasteiger partial charge in [-0.15, -0.1) is 0 Å². The molecule has 4 aromatic carbocycles. The summed E-state index contributed by atoms with van der Waals surface area (Å²) in [6.45, 7) is 0.629. The molecule has 2 aromatic heterocycles. The Morgan fingerprint density at radius 3 is 0.973 bits per heavy atom. The lowest BCUT2D eigenvalue weighted by atomic mass is 9.97. The van der Waals surface area contributed by atoms with Crippen LogP contribution in [0.1, 0.15) is 146 Å². The zero-order valence-electron chi connectivity index (χ0n) is 44.6. The third kappa shape index (κ3) is 17.9. The van der Waals surface area contributed by atoms with E-state index in [4.69, 9.17) is 47.5 Å². The molecule has 398 valence electrons. The van der Waals surface area contributed by atoms with E-state index in [9.17, 15) is 9.59 Å². The number of aliphatic hydroxyl groups excluding tert-OH is 2. The Kier molecular flexibility index (Phi) is 25.6. The van der Waals surface area contributed by atoms with E-state index in [0.717, 1.165) is 91.5 Å². The summed E-state index contributed by atoms with van der Waals surface area (Å²) >= 11 is 0. The highest BCUT2D eigenvalue weighted by Crippen LogP contribution is 2.36. The van der Waals surface area contributed by atoms with Crippen LogP contribution in [0.4, 0.5) is 0 Å². The zero-order valence-corrected chi connectivity index (χ0v) is 44.6. The van der Waals surface area contributed by atoms with Crippen molar-refractivity contribution < 1.29 is 47.5 Å². The van der Waals surface area contributed by atoms with Gasteiger partial charge in [0, 0.05) is 60.7 Å². The molecule has 12 nitrogen and oxygen atoms in total. The van der Waals surface area contributed by atoms with Crippen molar-refractivity contribution in [1.29, 1.82) is 0 Å². The van der Waals surface area contributed by atoms with Gasteiger partial charge in [-0.1, -0.05) is 109 Å². The summed E-state index contributed by atoms with van der Waals surface area (Å²) in [5.74, 6) is 4.66. The normalized spacial score (nSPS) is 11.1. The summed E-state index contributed by atoms with van der Waals surface area (Å²) in [5.41, 5.74) is 4.60. The Labute approximate surface area is 432 Å². The number of aliphatic hydroxyl groups is 2. The fraction of sp³-hybridized carbons (Fsp3) is 0.508. The highest BCUT2D eigenvalue weighted by molar-refractivity contribution is 5.87. The summed E-state index contributed by atoms with van der Waals surface area (Å²) in [6, 6.07) is 21.7. The monoisotopic (exact) mass is 1010 g/mol. The zero-order chi connectivity index (χ0) is 52.2. The number of ether oxygens (including phenoxy) is 6. The molecule has 0 amide bonds. The molecule has 0 radical (unpaired) electrons. The molecule has 2 N–H and O–H groups in total. The van der Waals surface area contributed by atoms with E-state index in [1.807, 2.05) is 36.4 Å². The van der Waals surface area contributed by atoms with Crippen LogP contribution in [0, 0.1) is 0 Å². The molecule has 6 rings (SSSR count). The lowest BCUT2D eigenvalue weighted by molar-refractivity contribution is 0.282. The number of benzene rings is 4. The molecule has 2 heterocycles. The van der Waals surface area contributed by atoms with Crippen LogP contribution >= 0.6 is 0 Å². The molecule has 0 atom stereocenters. The molecule has 0 saturated heterocycles. The van der Waals surface area contributed by atoms with E-state index < -0.39 is 0 Å². The van der Waals surface area contributed by atoms with Crippen LogP contribution in [-0.4, -0.2) is 66.1 Å². The molecule has 0 spiro atoms. The van der Waals surface area contributed by atoms with E-state index in [2.05, 4.69) is 0 Å². The van der Waals surface area contributed by atoms with Gasteiger partial charge in [0.05, 0.1) is 42.7 Å². The predicted octanol–water partition coefficient (Wildman–Crippen LogP) is 14.2. The SMILES string of the molecule is COc1ccc(-c2cc(=O)c3c(OC)cc(OC)cc3o2)c(CCCCCCCCCCCCCO)c1.COc1ccc(-c2cc(=O)c3c(OC)cc(OC)cc3o2)c(CCCCCCCCCCCCO)c1. The number of rotatable bonds is 33. The largest absolute Gasteiger partial charge is 0.497 e. The minimum Gasteiger partial charge on any atom is -0.497 e. The van der Waals surface area contributed by atoms with Gasteiger partial charge in [-0.3, -0.25) is 9.59 Å². The van der Waals surface area contributed by atoms with Crippen molar-refractivity contribution in [3.05, 3.63) is 104 Å². The number of hydrogen-bond acceptors (Lipinski definition) is 12. The van der Waals surface area contributed by atoms with Crippen LogP contribution in [0.25, 0.3) is 44.6 Å². The summed E-state index contributed by atoms with van der Waals surface area (Å²) < 4.78 is 44.9. The third-order valence-corrected chi connectivity index (χ3v) is 13.6. The smallest absolute Gasteiger partial charge is 0.197 e. The van der Waals surface area contributed by atoms with Crippen molar-refractivity contribution in [2.45, 2.75) is 148 Å². The summed E-state index contributed by atoms with van der Waals surface area (Å²) in [7, 11) is 9.54. The van der Waals surface area contributed by atoms with Crippen molar-refractivity contribution in [3.8, 4) is 57.1 Å².